The molecule has 1 atom stereocenters. The normalized spacial score (nSPS) is 20.6. The Morgan fingerprint density at radius 3 is 2.56 bits per heavy atom. The first-order valence-corrected chi connectivity index (χ1v) is 9.03. The molecule has 2 aromatic rings. The summed E-state index contributed by atoms with van der Waals surface area (Å²) in [6.45, 7) is 5.60. The highest BCUT2D eigenvalue weighted by molar-refractivity contribution is 5.80. The van der Waals surface area contributed by atoms with E-state index in [1.54, 1.807) is 4.68 Å². The van der Waals surface area contributed by atoms with E-state index < -0.39 is 0 Å². The van der Waals surface area contributed by atoms with Gasteiger partial charge in [0.1, 0.15) is 0 Å². The average molecular weight is 340 g/mol. The van der Waals surface area contributed by atoms with Crippen molar-refractivity contribution in [2.75, 3.05) is 18.0 Å². The topological polar surface area (TPSA) is 75.9 Å². The number of nitrogens with one attached hydrogen (secondary N) is 1. The Morgan fingerprint density at radius 2 is 1.92 bits per heavy atom. The van der Waals surface area contributed by atoms with Gasteiger partial charge in [-0.25, -0.2) is 4.68 Å². The second-order valence-corrected chi connectivity index (χ2v) is 7.16. The van der Waals surface area contributed by atoms with Gasteiger partial charge in [0, 0.05) is 24.8 Å². The number of carbonyl (C=O) groups is 1. The van der Waals surface area contributed by atoms with Crippen LogP contribution in [0.4, 0.5) is 5.82 Å². The van der Waals surface area contributed by atoms with Crippen molar-refractivity contribution in [1.29, 1.82) is 0 Å². The van der Waals surface area contributed by atoms with E-state index in [0.29, 0.717) is 12.6 Å². The summed E-state index contributed by atoms with van der Waals surface area (Å²) < 4.78 is 1.80. The van der Waals surface area contributed by atoms with Crippen LogP contribution in [0, 0.1) is 19.8 Å². The number of rotatable bonds is 4. The van der Waals surface area contributed by atoms with Crippen LogP contribution in [0.15, 0.2) is 18.2 Å². The Labute approximate surface area is 147 Å². The summed E-state index contributed by atoms with van der Waals surface area (Å²) in [5.74, 6) is 1.79. The van der Waals surface area contributed by atoms with E-state index in [2.05, 4.69) is 25.5 Å². The zero-order chi connectivity index (χ0) is 17.4. The lowest BCUT2D eigenvalue weighted by molar-refractivity contribution is -0.125. The third kappa shape index (κ3) is 3.50. The highest BCUT2D eigenvalue weighted by atomic mass is 16.2. The van der Waals surface area contributed by atoms with Crippen molar-refractivity contribution in [1.82, 2.24) is 25.3 Å². The van der Waals surface area contributed by atoms with Crippen LogP contribution in [0.3, 0.4) is 0 Å². The maximum atomic E-state index is 12.3. The lowest BCUT2D eigenvalue weighted by atomic mass is 9.97. The Balaban J connectivity index is 1.45. The van der Waals surface area contributed by atoms with Gasteiger partial charge in [-0.05, 0) is 57.7 Å². The fraction of sp³-hybridized carbons (Fsp3) is 0.556. The van der Waals surface area contributed by atoms with Gasteiger partial charge in [0.05, 0.1) is 11.6 Å². The lowest BCUT2D eigenvalue weighted by Crippen LogP contribution is -2.44. The molecule has 7 nitrogen and oxygen atoms in total. The molecular formula is C18H24N6O. The van der Waals surface area contributed by atoms with Gasteiger partial charge >= 0.3 is 0 Å². The van der Waals surface area contributed by atoms with Crippen LogP contribution in [0.5, 0.6) is 0 Å². The van der Waals surface area contributed by atoms with Crippen LogP contribution in [0.1, 0.15) is 37.1 Å². The largest absolute Gasteiger partial charge is 0.354 e. The lowest BCUT2D eigenvalue weighted by Gasteiger charge is -2.32. The molecule has 4 rings (SSSR count). The number of nitrogens with zero attached hydrogens (tertiary/aromatic N) is 5. The van der Waals surface area contributed by atoms with E-state index >= 15 is 0 Å². The molecule has 1 saturated heterocycles. The van der Waals surface area contributed by atoms with Gasteiger partial charge in [0.2, 0.25) is 5.91 Å². The summed E-state index contributed by atoms with van der Waals surface area (Å²) in [7, 11) is 0. The smallest absolute Gasteiger partial charge is 0.225 e. The predicted octanol–water partition coefficient (Wildman–Crippen LogP) is 1.77. The highest BCUT2D eigenvalue weighted by Crippen LogP contribution is 2.24. The van der Waals surface area contributed by atoms with E-state index in [0.717, 1.165) is 55.3 Å². The van der Waals surface area contributed by atoms with Gasteiger partial charge in [-0.2, -0.15) is 5.10 Å². The van der Waals surface area contributed by atoms with E-state index in [1.165, 1.54) is 0 Å². The minimum absolute atomic E-state index is 0.0480. The van der Waals surface area contributed by atoms with Crippen LogP contribution >= 0.6 is 0 Å². The van der Waals surface area contributed by atoms with Crippen LogP contribution in [0.25, 0.3) is 5.82 Å². The Morgan fingerprint density at radius 1 is 1.16 bits per heavy atom. The first-order chi connectivity index (χ1) is 12.1. The highest BCUT2D eigenvalue weighted by Gasteiger charge is 2.30. The molecule has 1 saturated carbocycles. The van der Waals surface area contributed by atoms with Crippen LogP contribution in [-0.2, 0) is 4.79 Å². The average Bonchev–Trinajstić information content (AvgIpc) is 3.37. The molecule has 0 bridgehead atoms. The number of aromatic nitrogens is 4. The third-order valence-corrected chi connectivity index (χ3v) is 4.90. The van der Waals surface area contributed by atoms with E-state index in [1.807, 2.05) is 32.0 Å². The molecule has 2 aromatic heterocycles. The van der Waals surface area contributed by atoms with Crippen molar-refractivity contribution in [3.8, 4) is 5.82 Å². The second-order valence-electron chi connectivity index (χ2n) is 7.16. The number of hydrogen-bond acceptors (Lipinski definition) is 5. The zero-order valence-corrected chi connectivity index (χ0v) is 14.8. The Hall–Kier alpha value is -2.44. The second kappa shape index (κ2) is 6.46. The summed E-state index contributed by atoms with van der Waals surface area (Å²) >= 11 is 0. The van der Waals surface area contributed by atoms with E-state index in [-0.39, 0.29) is 11.8 Å². The van der Waals surface area contributed by atoms with Gasteiger partial charge in [0.25, 0.3) is 0 Å². The number of piperidine rings is 1. The minimum Gasteiger partial charge on any atom is -0.354 e. The van der Waals surface area contributed by atoms with Crippen molar-refractivity contribution in [2.24, 2.45) is 5.92 Å². The molecule has 1 N–H and O–H groups in total. The number of hydrogen-bond donors (Lipinski definition) is 1. The number of aryl methyl sites for hydroxylation is 2. The van der Waals surface area contributed by atoms with Gasteiger partial charge in [-0.15, -0.1) is 10.2 Å². The molecule has 132 valence electrons. The molecule has 3 heterocycles. The van der Waals surface area contributed by atoms with Crippen LogP contribution < -0.4 is 10.2 Å². The van der Waals surface area contributed by atoms with Crippen molar-refractivity contribution >= 4 is 11.7 Å². The summed E-state index contributed by atoms with van der Waals surface area (Å²) in [5.41, 5.74) is 2.00. The quantitative estimate of drug-likeness (QED) is 0.918. The Kier molecular flexibility index (Phi) is 4.15. The molecule has 1 aliphatic carbocycles. The number of amides is 1. The van der Waals surface area contributed by atoms with Gasteiger partial charge in [-0.1, -0.05) is 0 Å². The first-order valence-electron chi connectivity index (χ1n) is 9.03. The molecule has 0 unspecified atom stereocenters. The fourth-order valence-corrected chi connectivity index (χ4v) is 3.41. The maximum Gasteiger partial charge on any atom is 0.225 e. The van der Waals surface area contributed by atoms with E-state index in [4.69, 9.17) is 0 Å². The van der Waals surface area contributed by atoms with Crippen molar-refractivity contribution in [3.63, 3.8) is 0 Å². The minimum atomic E-state index is 0.0480. The predicted molar refractivity (Wildman–Crippen MR) is 94.7 cm³/mol. The summed E-state index contributed by atoms with van der Waals surface area (Å²) in [4.78, 5) is 14.5. The third-order valence-electron chi connectivity index (χ3n) is 4.90. The van der Waals surface area contributed by atoms with Gasteiger partial charge in [-0.3, -0.25) is 4.79 Å². The van der Waals surface area contributed by atoms with Crippen molar-refractivity contribution in [3.05, 3.63) is 29.6 Å². The summed E-state index contributed by atoms with van der Waals surface area (Å²) in [5, 5.41) is 16.3. The maximum absolute atomic E-state index is 12.3. The Bertz CT molecular complexity index is 764. The monoisotopic (exact) mass is 340 g/mol. The molecule has 0 radical (unpaired) electrons. The van der Waals surface area contributed by atoms with Crippen molar-refractivity contribution in [2.45, 2.75) is 45.6 Å². The summed E-state index contributed by atoms with van der Waals surface area (Å²) in [6.07, 6.45) is 4.21. The fourth-order valence-electron chi connectivity index (χ4n) is 3.41. The molecular weight excluding hydrogens is 316 g/mol. The zero-order valence-electron chi connectivity index (χ0n) is 14.8. The molecule has 7 heteroatoms. The van der Waals surface area contributed by atoms with E-state index in [9.17, 15) is 4.79 Å². The molecule has 0 aromatic carbocycles. The molecule has 0 spiro atoms. The van der Waals surface area contributed by atoms with Gasteiger partial charge in [0.15, 0.2) is 11.6 Å². The molecule has 2 fully saturated rings. The molecule has 25 heavy (non-hydrogen) atoms. The van der Waals surface area contributed by atoms with Gasteiger partial charge < -0.3 is 10.2 Å². The summed E-state index contributed by atoms with van der Waals surface area (Å²) in [6, 6.07) is 6.35. The first kappa shape index (κ1) is 16.1. The standard InChI is InChI=1S/C18H24N6O/c1-12-10-13(2)24(22-12)17-8-7-16(20-21-17)23-9-3-4-14(11-23)18(25)19-15-5-6-15/h7-8,10,14-15H,3-6,9,11H2,1-2H3,(H,19,25)/t14-/m1/s1. The van der Waals surface area contributed by atoms with Crippen molar-refractivity contribution < 1.29 is 4.79 Å². The molecule has 2 aliphatic rings. The number of carbonyl (C=O) groups excluding carboxylic acids is 1. The number of anilines is 1. The molecule has 1 aliphatic heterocycles. The van der Waals surface area contributed by atoms with Crippen LogP contribution in [-0.4, -0.2) is 45.0 Å². The molecule has 1 amide bonds. The SMILES string of the molecule is Cc1cc(C)n(-c2ccc(N3CCC[C@@H](C(=O)NC4CC4)C3)nn2)n1. The van der Waals surface area contributed by atoms with Crippen LogP contribution in [0.2, 0.25) is 0 Å².